The second kappa shape index (κ2) is 5.72. The molecule has 0 fully saturated rings. The summed E-state index contributed by atoms with van der Waals surface area (Å²) in [6.07, 6.45) is 8.05. The average molecular weight is 300 g/mol. The number of carbonyl (C=O) groups excluding carboxylic acids is 1. The van der Waals surface area contributed by atoms with Crippen LogP contribution in [0.25, 0.3) is 5.95 Å². The molecule has 0 aliphatic carbocycles. The molecule has 3 aromatic rings. The summed E-state index contributed by atoms with van der Waals surface area (Å²) in [5, 5.41) is 3.30. The van der Waals surface area contributed by atoms with E-state index in [1.165, 1.54) is 12.4 Å². The summed E-state index contributed by atoms with van der Waals surface area (Å²) in [5.74, 6) is 0.239. The van der Waals surface area contributed by atoms with Crippen LogP contribution in [-0.4, -0.2) is 25.4 Å². The number of hydrogen-bond donors (Lipinski definition) is 1. The minimum absolute atomic E-state index is 0.245. The van der Waals surface area contributed by atoms with E-state index >= 15 is 0 Å². The Balaban J connectivity index is 1.73. The van der Waals surface area contributed by atoms with E-state index in [4.69, 9.17) is 11.6 Å². The van der Waals surface area contributed by atoms with Crippen molar-refractivity contribution in [2.45, 2.75) is 0 Å². The lowest BCUT2D eigenvalue weighted by molar-refractivity contribution is 0.102. The Morgan fingerprint density at radius 1 is 1.14 bits per heavy atom. The Morgan fingerprint density at radius 3 is 2.48 bits per heavy atom. The number of nitrogens with one attached hydrogen (secondary N) is 1. The summed E-state index contributed by atoms with van der Waals surface area (Å²) < 4.78 is 1.67. The molecule has 104 valence electrons. The van der Waals surface area contributed by atoms with Crippen LogP contribution in [0.5, 0.6) is 0 Å². The molecular formula is C14H10ClN5O. The molecule has 1 N–H and O–H groups in total. The minimum atomic E-state index is -0.245. The molecule has 2 heterocycles. The smallest absolute Gasteiger partial charge is 0.255 e. The number of halogens is 1. The van der Waals surface area contributed by atoms with Gasteiger partial charge in [0.1, 0.15) is 6.33 Å². The molecule has 0 spiro atoms. The molecule has 3 rings (SSSR count). The molecule has 0 atom stereocenters. The third-order valence-corrected chi connectivity index (χ3v) is 2.99. The van der Waals surface area contributed by atoms with Gasteiger partial charge in [0.15, 0.2) is 0 Å². The predicted octanol–water partition coefficient (Wildman–Crippen LogP) is 2.57. The fourth-order valence-corrected chi connectivity index (χ4v) is 1.83. The van der Waals surface area contributed by atoms with Crippen molar-refractivity contribution < 1.29 is 4.79 Å². The van der Waals surface area contributed by atoms with Crippen LogP contribution in [0.3, 0.4) is 0 Å². The summed E-state index contributed by atoms with van der Waals surface area (Å²) in [7, 11) is 0. The summed E-state index contributed by atoms with van der Waals surface area (Å²) >= 11 is 5.78. The van der Waals surface area contributed by atoms with Gasteiger partial charge in [0.2, 0.25) is 5.95 Å². The Morgan fingerprint density at radius 2 is 1.86 bits per heavy atom. The molecule has 2 aromatic heterocycles. The zero-order valence-electron chi connectivity index (χ0n) is 10.8. The topological polar surface area (TPSA) is 72.7 Å². The SMILES string of the molecule is O=C(Nc1cnc(-n2ccnc2)nc1)c1ccc(Cl)cc1. The lowest BCUT2D eigenvalue weighted by Gasteiger charge is -2.05. The maximum absolute atomic E-state index is 12.0. The number of carbonyl (C=O) groups is 1. The molecule has 0 saturated heterocycles. The summed E-state index contributed by atoms with van der Waals surface area (Å²) in [4.78, 5) is 24.2. The summed E-state index contributed by atoms with van der Waals surface area (Å²) in [6, 6.07) is 6.63. The Kier molecular flexibility index (Phi) is 3.61. The van der Waals surface area contributed by atoms with Gasteiger partial charge in [-0.2, -0.15) is 0 Å². The first kappa shape index (κ1) is 13.3. The zero-order valence-corrected chi connectivity index (χ0v) is 11.5. The largest absolute Gasteiger partial charge is 0.319 e. The molecule has 0 saturated carbocycles. The van der Waals surface area contributed by atoms with Crippen LogP contribution in [0, 0.1) is 0 Å². The van der Waals surface area contributed by atoms with E-state index < -0.39 is 0 Å². The first-order valence-corrected chi connectivity index (χ1v) is 6.47. The van der Waals surface area contributed by atoms with Crippen molar-refractivity contribution in [1.29, 1.82) is 0 Å². The number of nitrogens with zero attached hydrogens (tertiary/aromatic N) is 4. The van der Waals surface area contributed by atoms with Crippen LogP contribution in [0.15, 0.2) is 55.4 Å². The van der Waals surface area contributed by atoms with Gasteiger partial charge in [0.05, 0.1) is 18.1 Å². The van der Waals surface area contributed by atoms with Crippen molar-refractivity contribution in [3.8, 4) is 5.95 Å². The highest BCUT2D eigenvalue weighted by Crippen LogP contribution is 2.12. The molecule has 0 bridgehead atoms. The number of benzene rings is 1. The minimum Gasteiger partial charge on any atom is -0.319 e. The van der Waals surface area contributed by atoms with Crippen molar-refractivity contribution in [3.05, 3.63) is 66.0 Å². The molecule has 0 unspecified atom stereocenters. The highest BCUT2D eigenvalue weighted by atomic mass is 35.5. The fraction of sp³-hybridized carbons (Fsp3) is 0. The van der Waals surface area contributed by atoms with Gasteiger partial charge in [0.25, 0.3) is 5.91 Å². The monoisotopic (exact) mass is 299 g/mol. The normalized spacial score (nSPS) is 10.3. The number of imidazole rings is 1. The summed E-state index contributed by atoms with van der Waals surface area (Å²) in [6.45, 7) is 0. The Hall–Kier alpha value is -2.73. The van der Waals surface area contributed by atoms with E-state index in [-0.39, 0.29) is 5.91 Å². The van der Waals surface area contributed by atoms with Crippen molar-refractivity contribution >= 4 is 23.2 Å². The third kappa shape index (κ3) is 3.06. The maximum atomic E-state index is 12.0. The standard InChI is InChI=1S/C14H10ClN5O/c15-11-3-1-10(2-4-11)13(21)19-12-7-17-14(18-8-12)20-6-5-16-9-20/h1-9H,(H,19,21). The van der Waals surface area contributed by atoms with Crippen LogP contribution in [0.2, 0.25) is 5.02 Å². The van der Waals surface area contributed by atoms with Gasteiger partial charge in [-0.15, -0.1) is 0 Å². The van der Waals surface area contributed by atoms with Gasteiger partial charge in [-0.3, -0.25) is 9.36 Å². The van der Waals surface area contributed by atoms with Crippen molar-refractivity contribution in [1.82, 2.24) is 19.5 Å². The quantitative estimate of drug-likeness (QED) is 0.806. The van der Waals surface area contributed by atoms with E-state index in [9.17, 15) is 4.79 Å². The van der Waals surface area contributed by atoms with Crippen molar-refractivity contribution in [2.75, 3.05) is 5.32 Å². The van der Waals surface area contributed by atoms with E-state index in [1.807, 2.05) is 0 Å². The van der Waals surface area contributed by atoms with Crippen LogP contribution < -0.4 is 5.32 Å². The van der Waals surface area contributed by atoms with Crippen LogP contribution in [-0.2, 0) is 0 Å². The molecule has 0 radical (unpaired) electrons. The van der Waals surface area contributed by atoms with E-state index in [0.717, 1.165) is 0 Å². The molecule has 21 heavy (non-hydrogen) atoms. The molecule has 1 amide bonds. The number of aromatic nitrogens is 4. The molecular weight excluding hydrogens is 290 g/mol. The molecule has 0 aliphatic heterocycles. The van der Waals surface area contributed by atoms with Gasteiger partial charge >= 0.3 is 0 Å². The Labute approximate surface area is 125 Å². The van der Waals surface area contributed by atoms with Crippen LogP contribution in [0.4, 0.5) is 5.69 Å². The van der Waals surface area contributed by atoms with Crippen LogP contribution in [0.1, 0.15) is 10.4 Å². The van der Waals surface area contributed by atoms with Gasteiger partial charge in [-0.25, -0.2) is 15.0 Å². The van der Waals surface area contributed by atoms with Crippen LogP contribution >= 0.6 is 11.6 Å². The average Bonchev–Trinajstić information content (AvgIpc) is 3.03. The molecule has 0 aliphatic rings. The molecule has 7 heteroatoms. The highest BCUT2D eigenvalue weighted by Gasteiger charge is 2.07. The maximum Gasteiger partial charge on any atom is 0.255 e. The third-order valence-electron chi connectivity index (χ3n) is 2.74. The number of rotatable bonds is 3. The fourth-order valence-electron chi connectivity index (χ4n) is 1.70. The first-order valence-electron chi connectivity index (χ1n) is 6.10. The van der Waals surface area contributed by atoms with E-state index in [0.29, 0.717) is 22.2 Å². The number of anilines is 1. The molecule has 6 nitrogen and oxygen atoms in total. The van der Waals surface area contributed by atoms with E-state index in [2.05, 4.69) is 20.3 Å². The second-order valence-electron chi connectivity index (χ2n) is 4.20. The number of hydrogen-bond acceptors (Lipinski definition) is 4. The molecule has 1 aromatic carbocycles. The van der Waals surface area contributed by atoms with Crippen molar-refractivity contribution in [3.63, 3.8) is 0 Å². The van der Waals surface area contributed by atoms with Crippen molar-refractivity contribution in [2.24, 2.45) is 0 Å². The van der Waals surface area contributed by atoms with E-state index in [1.54, 1.807) is 47.6 Å². The number of amides is 1. The summed E-state index contributed by atoms with van der Waals surface area (Å²) in [5.41, 5.74) is 1.02. The first-order chi connectivity index (χ1) is 10.2. The second-order valence-corrected chi connectivity index (χ2v) is 4.64. The zero-order chi connectivity index (χ0) is 14.7. The lowest BCUT2D eigenvalue weighted by atomic mass is 10.2. The van der Waals surface area contributed by atoms with Gasteiger partial charge in [-0.1, -0.05) is 11.6 Å². The van der Waals surface area contributed by atoms with Gasteiger partial charge in [-0.05, 0) is 24.3 Å². The highest BCUT2D eigenvalue weighted by molar-refractivity contribution is 6.30. The Bertz CT molecular complexity index is 738. The van der Waals surface area contributed by atoms with Gasteiger partial charge < -0.3 is 5.32 Å². The predicted molar refractivity (Wildman–Crippen MR) is 78.6 cm³/mol. The lowest BCUT2D eigenvalue weighted by Crippen LogP contribution is -2.12. The van der Waals surface area contributed by atoms with Gasteiger partial charge in [0, 0.05) is 23.0 Å².